The van der Waals surface area contributed by atoms with Crippen molar-refractivity contribution in [1.29, 1.82) is 0 Å². The Hall–Kier alpha value is -1.79. The summed E-state index contributed by atoms with van der Waals surface area (Å²) in [6.45, 7) is 5.40. The Bertz CT molecular complexity index is 1030. The molecule has 1 aliphatic rings. The molecule has 1 aromatic heterocycles. The highest BCUT2D eigenvalue weighted by atomic mass is 35.5. The van der Waals surface area contributed by atoms with Crippen LogP contribution in [0.4, 0.5) is 17.5 Å². The summed E-state index contributed by atoms with van der Waals surface area (Å²) in [6.07, 6.45) is 2.28. The second-order valence-electron chi connectivity index (χ2n) is 7.19. The van der Waals surface area contributed by atoms with Crippen molar-refractivity contribution in [3.05, 3.63) is 51.5 Å². The number of nitrogens with zero attached hydrogens (tertiary/aromatic N) is 3. The minimum absolute atomic E-state index is 0.332. The quantitative estimate of drug-likeness (QED) is 0.482. The van der Waals surface area contributed by atoms with Gasteiger partial charge in [-0.05, 0) is 62.3 Å². The molecule has 0 spiro atoms. The molecule has 2 N–H and O–H groups in total. The van der Waals surface area contributed by atoms with Gasteiger partial charge < -0.3 is 15.5 Å². The van der Waals surface area contributed by atoms with Gasteiger partial charge in [-0.1, -0.05) is 41.7 Å². The summed E-state index contributed by atoms with van der Waals surface area (Å²) >= 11 is 18.4. The van der Waals surface area contributed by atoms with Crippen molar-refractivity contribution in [3.63, 3.8) is 0 Å². The monoisotopic (exact) mass is 449 g/mol. The maximum absolute atomic E-state index is 6.25. The number of aromatic nitrogens is 2. The van der Waals surface area contributed by atoms with Crippen LogP contribution in [0.15, 0.2) is 36.4 Å². The predicted molar refractivity (Wildman–Crippen MR) is 123 cm³/mol. The van der Waals surface area contributed by atoms with Crippen molar-refractivity contribution in [3.8, 4) is 0 Å². The summed E-state index contributed by atoms with van der Waals surface area (Å²) < 4.78 is 0. The van der Waals surface area contributed by atoms with E-state index in [9.17, 15) is 0 Å². The minimum atomic E-state index is 0.332. The minimum Gasteiger partial charge on any atom is -0.365 e. The third kappa shape index (κ3) is 4.86. The van der Waals surface area contributed by atoms with Gasteiger partial charge in [-0.2, -0.15) is 4.98 Å². The molecule has 3 aromatic rings. The van der Waals surface area contributed by atoms with Gasteiger partial charge in [0.25, 0.3) is 0 Å². The van der Waals surface area contributed by atoms with Crippen molar-refractivity contribution in [2.75, 3.05) is 30.3 Å². The Balaban J connectivity index is 1.67. The third-order valence-corrected chi connectivity index (χ3v) is 6.10. The lowest BCUT2D eigenvalue weighted by atomic mass is 10.1. The fourth-order valence-corrected chi connectivity index (χ4v) is 4.09. The van der Waals surface area contributed by atoms with Gasteiger partial charge in [0.2, 0.25) is 5.95 Å². The van der Waals surface area contributed by atoms with E-state index in [0.717, 1.165) is 48.5 Å². The molecule has 4 rings (SSSR count). The molecule has 1 atom stereocenters. The molecule has 2 heterocycles. The van der Waals surface area contributed by atoms with Gasteiger partial charge in [-0.3, -0.25) is 0 Å². The van der Waals surface area contributed by atoms with Crippen LogP contribution in [0.3, 0.4) is 0 Å². The number of halogens is 3. The molecule has 0 radical (unpaired) electrons. The Labute approximate surface area is 185 Å². The standard InChI is InChI=1S/C21H22Cl3N5/c1-2-29-9-3-4-15(12-29)25-20-16-10-13(22)5-8-19(16)27-21(28-20)26-14-6-7-17(23)18(24)11-14/h5-8,10-11,15H,2-4,9,12H2,1H3,(H2,25,26,27,28)/t15-/m0/s1. The average Bonchev–Trinajstić information content (AvgIpc) is 2.71. The Morgan fingerprint density at radius 3 is 2.72 bits per heavy atom. The molecular weight excluding hydrogens is 429 g/mol. The first-order valence-electron chi connectivity index (χ1n) is 9.70. The first-order valence-corrected chi connectivity index (χ1v) is 10.8. The SMILES string of the molecule is CCN1CCC[C@H](Nc2nc(Nc3ccc(Cl)c(Cl)c3)nc3ccc(Cl)cc23)C1. The van der Waals surface area contributed by atoms with E-state index < -0.39 is 0 Å². The molecule has 0 aliphatic carbocycles. The Kier molecular flexibility index (Phi) is 6.30. The lowest BCUT2D eigenvalue weighted by Crippen LogP contribution is -2.42. The van der Waals surface area contributed by atoms with Crippen molar-refractivity contribution in [2.45, 2.75) is 25.8 Å². The van der Waals surface area contributed by atoms with E-state index in [-0.39, 0.29) is 0 Å². The van der Waals surface area contributed by atoms with Gasteiger partial charge in [0.05, 0.1) is 15.6 Å². The van der Waals surface area contributed by atoms with Crippen LogP contribution in [0.25, 0.3) is 10.9 Å². The van der Waals surface area contributed by atoms with E-state index in [1.807, 2.05) is 24.3 Å². The maximum atomic E-state index is 6.25. The van der Waals surface area contributed by atoms with Gasteiger partial charge >= 0.3 is 0 Å². The smallest absolute Gasteiger partial charge is 0.229 e. The van der Waals surface area contributed by atoms with Gasteiger partial charge in [0.1, 0.15) is 5.82 Å². The summed E-state index contributed by atoms with van der Waals surface area (Å²) in [5.41, 5.74) is 1.59. The largest absolute Gasteiger partial charge is 0.365 e. The zero-order chi connectivity index (χ0) is 20.4. The number of hydrogen-bond acceptors (Lipinski definition) is 5. The van der Waals surface area contributed by atoms with Gasteiger partial charge in [0, 0.05) is 28.7 Å². The van der Waals surface area contributed by atoms with Gasteiger partial charge in [0.15, 0.2) is 0 Å². The molecule has 2 aromatic carbocycles. The van der Waals surface area contributed by atoms with Crippen LogP contribution in [0.5, 0.6) is 0 Å². The summed E-state index contributed by atoms with van der Waals surface area (Å²) in [5.74, 6) is 1.27. The van der Waals surface area contributed by atoms with Crippen LogP contribution in [0.1, 0.15) is 19.8 Å². The number of piperidine rings is 1. The van der Waals surface area contributed by atoms with Crippen LogP contribution in [0, 0.1) is 0 Å². The molecule has 152 valence electrons. The number of nitrogens with one attached hydrogen (secondary N) is 2. The fourth-order valence-electron chi connectivity index (χ4n) is 3.62. The average molecular weight is 451 g/mol. The van der Waals surface area contributed by atoms with Gasteiger partial charge in [-0.25, -0.2) is 4.98 Å². The van der Waals surface area contributed by atoms with Crippen molar-refractivity contribution >= 4 is 63.2 Å². The van der Waals surface area contributed by atoms with Crippen molar-refractivity contribution in [1.82, 2.24) is 14.9 Å². The van der Waals surface area contributed by atoms with Crippen molar-refractivity contribution in [2.24, 2.45) is 0 Å². The summed E-state index contributed by atoms with van der Waals surface area (Å²) in [6, 6.07) is 11.3. The highest BCUT2D eigenvalue weighted by Gasteiger charge is 2.20. The molecule has 29 heavy (non-hydrogen) atoms. The number of likely N-dealkylation sites (N-methyl/N-ethyl adjacent to an activating group) is 1. The molecule has 1 fully saturated rings. The normalized spacial score (nSPS) is 17.4. The van der Waals surface area contributed by atoms with E-state index in [0.29, 0.717) is 27.1 Å². The number of hydrogen-bond donors (Lipinski definition) is 2. The van der Waals surface area contributed by atoms with Gasteiger partial charge in [-0.15, -0.1) is 0 Å². The van der Waals surface area contributed by atoms with E-state index in [4.69, 9.17) is 39.8 Å². The summed E-state index contributed by atoms with van der Waals surface area (Å²) in [5, 5.41) is 9.40. The predicted octanol–water partition coefficient (Wildman–Crippen LogP) is 6.23. The number of anilines is 3. The lowest BCUT2D eigenvalue weighted by Gasteiger charge is -2.32. The molecule has 0 bridgehead atoms. The summed E-state index contributed by atoms with van der Waals surface area (Å²) in [4.78, 5) is 11.8. The van der Waals surface area contributed by atoms with E-state index in [2.05, 4.69) is 27.4 Å². The number of fused-ring (bicyclic) bond motifs is 1. The second kappa shape index (κ2) is 8.92. The second-order valence-corrected chi connectivity index (χ2v) is 8.44. The molecular formula is C21H22Cl3N5. The maximum Gasteiger partial charge on any atom is 0.229 e. The topological polar surface area (TPSA) is 53.1 Å². The van der Waals surface area contributed by atoms with E-state index in [1.165, 1.54) is 6.42 Å². The Morgan fingerprint density at radius 2 is 1.93 bits per heavy atom. The highest BCUT2D eigenvalue weighted by Crippen LogP contribution is 2.30. The zero-order valence-corrected chi connectivity index (χ0v) is 18.3. The van der Waals surface area contributed by atoms with E-state index in [1.54, 1.807) is 12.1 Å². The zero-order valence-electron chi connectivity index (χ0n) is 16.1. The molecule has 1 saturated heterocycles. The molecule has 0 saturated carbocycles. The summed E-state index contributed by atoms with van der Waals surface area (Å²) in [7, 11) is 0. The van der Waals surface area contributed by atoms with E-state index >= 15 is 0 Å². The molecule has 0 unspecified atom stereocenters. The number of rotatable bonds is 5. The molecule has 5 nitrogen and oxygen atoms in total. The van der Waals surface area contributed by atoms with Crippen LogP contribution in [0.2, 0.25) is 15.1 Å². The third-order valence-electron chi connectivity index (χ3n) is 5.13. The van der Waals surface area contributed by atoms with Crippen LogP contribution < -0.4 is 10.6 Å². The lowest BCUT2D eigenvalue weighted by molar-refractivity contribution is 0.226. The van der Waals surface area contributed by atoms with Crippen molar-refractivity contribution < 1.29 is 0 Å². The fraction of sp³-hybridized carbons (Fsp3) is 0.333. The molecule has 1 aliphatic heterocycles. The molecule has 8 heteroatoms. The van der Waals surface area contributed by atoms with Crippen LogP contribution in [-0.4, -0.2) is 40.5 Å². The highest BCUT2D eigenvalue weighted by molar-refractivity contribution is 6.42. The first-order chi connectivity index (χ1) is 14.0. The van der Waals surface area contributed by atoms with Crippen LogP contribution >= 0.6 is 34.8 Å². The Morgan fingerprint density at radius 1 is 1.07 bits per heavy atom. The number of likely N-dealkylation sites (tertiary alicyclic amines) is 1. The van der Waals surface area contributed by atoms with Crippen LogP contribution in [-0.2, 0) is 0 Å². The number of benzene rings is 2. The molecule has 0 amide bonds. The first kappa shape index (κ1) is 20.5.